The van der Waals surface area contributed by atoms with Crippen molar-refractivity contribution in [3.05, 3.63) is 39.7 Å². The van der Waals surface area contributed by atoms with Gasteiger partial charge in [0, 0.05) is 10.9 Å². The Morgan fingerprint density at radius 3 is 2.88 bits per heavy atom. The fourth-order valence-corrected chi connectivity index (χ4v) is 2.44. The fraction of sp³-hybridized carbons (Fsp3) is 0.231. The predicted octanol–water partition coefficient (Wildman–Crippen LogP) is 3.05. The molecule has 0 fully saturated rings. The molecule has 3 nitrogen and oxygen atoms in total. The molecule has 1 aromatic carbocycles. The zero-order chi connectivity index (χ0) is 12.4. The summed E-state index contributed by atoms with van der Waals surface area (Å²) in [6.07, 6.45) is -0.00443. The standard InChI is InChI=1S/C13H13NO2S/c1-8-3-4-9(2)10(5-8)11-7-17-12(14-11)6-13(15)16/h3-5,7H,6H2,1-2H3,(H,15,16). The van der Waals surface area contributed by atoms with Gasteiger partial charge in [-0.3, -0.25) is 4.79 Å². The van der Waals surface area contributed by atoms with Crippen LogP contribution in [0.3, 0.4) is 0 Å². The van der Waals surface area contributed by atoms with Crippen molar-refractivity contribution in [1.29, 1.82) is 0 Å². The summed E-state index contributed by atoms with van der Waals surface area (Å²) in [6.45, 7) is 4.07. The lowest BCUT2D eigenvalue weighted by atomic mass is 10.0. The van der Waals surface area contributed by atoms with Crippen molar-refractivity contribution in [2.45, 2.75) is 20.3 Å². The zero-order valence-corrected chi connectivity index (χ0v) is 10.5. The minimum Gasteiger partial charge on any atom is -0.481 e. The smallest absolute Gasteiger partial charge is 0.310 e. The minimum atomic E-state index is -0.841. The second kappa shape index (κ2) is 4.67. The van der Waals surface area contributed by atoms with Gasteiger partial charge in [-0.15, -0.1) is 11.3 Å². The van der Waals surface area contributed by atoms with Crippen molar-refractivity contribution in [3.8, 4) is 11.3 Å². The SMILES string of the molecule is Cc1ccc(C)c(-c2csc(CC(=O)O)n2)c1. The lowest BCUT2D eigenvalue weighted by molar-refractivity contribution is -0.136. The summed E-state index contributed by atoms with van der Waals surface area (Å²) in [5, 5.41) is 11.3. The number of carboxylic acid groups (broad SMARTS) is 1. The number of thiazole rings is 1. The Morgan fingerprint density at radius 1 is 1.41 bits per heavy atom. The number of hydrogen-bond donors (Lipinski definition) is 1. The van der Waals surface area contributed by atoms with Crippen molar-refractivity contribution in [2.24, 2.45) is 0 Å². The molecule has 1 N–H and O–H groups in total. The summed E-state index contributed by atoms with van der Waals surface area (Å²) in [6, 6.07) is 6.19. The van der Waals surface area contributed by atoms with Crippen LogP contribution < -0.4 is 0 Å². The van der Waals surface area contributed by atoms with Crippen LogP contribution in [0.2, 0.25) is 0 Å². The van der Waals surface area contributed by atoms with E-state index in [-0.39, 0.29) is 6.42 Å². The molecule has 0 unspecified atom stereocenters. The van der Waals surface area contributed by atoms with Crippen molar-refractivity contribution in [1.82, 2.24) is 4.98 Å². The normalized spacial score (nSPS) is 10.5. The largest absolute Gasteiger partial charge is 0.481 e. The molecule has 0 bridgehead atoms. The maximum absolute atomic E-state index is 10.6. The van der Waals surface area contributed by atoms with Gasteiger partial charge in [0.1, 0.15) is 5.01 Å². The van der Waals surface area contributed by atoms with Gasteiger partial charge in [-0.25, -0.2) is 4.98 Å². The Bertz CT molecular complexity index is 560. The topological polar surface area (TPSA) is 50.2 Å². The van der Waals surface area contributed by atoms with E-state index in [9.17, 15) is 4.79 Å². The van der Waals surface area contributed by atoms with Crippen LogP contribution in [-0.2, 0) is 11.2 Å². The highest BCUT2D eigenvalue weighted by molar-refractivity contribution is 7.10. The van der Waals surface area contributed by atoms with Gasteiger partial charge < -0.3 is 5.11 Å². The first-order valence-corrected chi connectivity index (χ1v) is 6.18. The monoisotopic (exact) mass is 247 g/mol. The molecule has 2 rings (SSSR count). The Labute approximate surface area is 104 Å². The average molecular weight is 247 g/mol. The molecular weight excluding hydrogens is 234 g/mol. The molecule has 0 saturated carbocycles. The number of nitrogens with zero attached hydrogens (tertiary/aromatic N) is 1. The summed E-state index contributed by atoms with van der Waals surface area (Å²) in [5.74, 6) is -0.841. The first kappa shape index (κ1) is 11.8. The first-order chi connectivity index (χ1) is 8.06. The van der Waals surface area contributed by atoms with Gasteiger partial charge >= 0.3 is 5.97 Å². The van der Waals surface area contributed by atoms with Crippen LogP contribution in [0, 0.1) is 13.8 Å². The van der Waals surface area contributed by atoms with Crippen molar-refractivity contribution in [2.75, 3.05) is 0 Å². The van der Waals surface area contributed by atoms with Gasteiger partial charge in [-0.2, -0.15) is 0 Å². The van der Waals surface area contributed by atoms with E-state index in [1.54, 1.807) is 0 Å². The van der Waals surface area contributed by atoms with E-state index in [0.29, 0.717) is 5.01 Å². The molecule has 0 atom stereocenters. The summed E-state index contributed by atoms with van der Waals surface area (Å²) in [5.41, 5.74) is 4.28. The number of aliphatic carboxylic acids is 1. The summed E-state index contributed by atoms with van der Waals surface area (Å²) < 4.78 is 0. The van der Waals surface area contributed by atoms with Gasteiger partial charge in [-0.1, -0.05) is 17.7 Å². The highest BCUT2D eigenvalue weighted by Gasteiger charge is 2.09. The van der Waals surface area contributed by atoms with Crippen LogP contribution in [-0.4, -0.2) is 16.1 Å². The summed E-state index contributed by atoms with van der Waals surface area (Å²) in [7, 11) is 0. The Kier molecular flexibility index (Phi) is 3.24. The van der Waals surface area contributed by atoms with Gasteiger partial charge in [0.25, 0.3) is 0 Å². The predicted molar refractivity (Wildman–Crippen MR) is 68.4 cm³/mol. The molecule has 0 aliphatic heterocycles. The molecule has 17 heavy (non-hydrogen) atoms. The summed E-state index contributed by atoms with van der Waals surface area (Å²) in [4.78, 5) is 15.0. The van der Waals surface area contributed by atoms with Crippen LogP contribution in [0.15, 0.2) is 23.6 Å². The van der Waals surface area contributed by atoms with Crippen molar-refractivity contribution < 1.29 is 9.90 Å². The third-order valence-electron chi connectivity index (χ3n) is 2.52. The zero-order valence-electron chi connectivity index (χ0n) is 9.73. The van der Waals surface area contributed by atoms with E-state index in [0.717, 1.165) is 16.8 Å². The molecule has 1 aromatic heterocycles. The van der Waals surface area contributed by atoms with E-state index in [4.69, 9.17) is 5.11 Å². The van der Waals surface area contributed by atoms with E-state index < -0.39 is 5.97 Å². The molecule has 0 amide bonds. The van der Waals surface area contributed by atoms with Crippen LogP contribution in [0.25, 0.3) is 11.3 Å². The molecule has 0 saturated heterocycles. The number of hydrogen-bond acceptors (Lipinski definition) is 3. The lowest BCUT2D eigenvalue weighted by Crippen LogP contribution is -1.99. The molecule has 88 valence electrons. The van der Waals surface area contributed by atoms with Crippen LogP contribution in [0.1, 0.15) is 16.1 Å². The quantitative estimate of drug-likeness (QED) is 0.906. The molecule has 0 aliphatic rings. The van der Waals surface area contributed by atoms with Gasteiger partial charge in [0.15, 0.2) is 0 Å². The van der Waals surface area contributed by atoms with Crippen molar-refractivity contribution in [3.63, 3.8) is 0 Å². The third-order valence-corrected chi connectivity index (χ3v) is 3.37. The first-order valence-electron chi connectivity index (χ1n) is 5.30. The van der Waals surface area contributed by atoms with E-state index >= 15 is 0 Å². The van der Waals surface area contributed by atoms with Crippen LogP contribution >= 0.6 is 11.3 Å². The third kappa shape index (κ3) is 2.71. The molecule has 1 heterocycles. The molecule has 0 radical (unpaired) electrons. The number of benzene rings is 1. The highest BCUT2D eigenvalue weighted by Crippen LogP contribution is 2.26. The molecular formula is C13H13NO2S. The van der Waals surface area contributed by atoms with Gasteiger partial charge in [-0.05, 0) is 25.5 Å². The summed E-state index contributed by atoms with van der Waals surface area (Å²) >= 11 is 1.40. The lowest BCUT2D eigenvalue weighted by Gasteiger charge is -2.03. The van der Waals surface area contributed by atoms with Gasteiger partial charge in [0.2, 0.25) is 0 Å². The van der Waals surface area contributed by atoms with E-state index in [1.165, 1.54) is 16.9 Å². The number of carbonyl (C=O) groups is 1. The van der Waals surface area contributed by atoms with Gasteiger partial charge in [0.05, 0.1) is 12.1 Å². The minimum absolute atomic E-state index is 0.00443. The molecule has 4 heteroatoms. The van der Waals surface area contributed by atoms with Crippen LogP contribution in [0.5, 0.6) is 0 Å². The fourth-order valence-electron chi connectivity index (χ4n) is 1.66. The Hall–Kier alpha value is -1.68. The Balaban J connectivity index is 2.36. The molecule has 2 aromatic rings. The Morgan fingerprint density at radius 2 is 2.18 bits per heavy atom. The highest BCUT2D eigenvalue weighted by atomic mass is 32.1. The molecule has 0 spiro atoms. The van der Waals surface area contributed by atoms with Crippen LogP contribution in [0.4, 0.5) is 0 Å². The number of carboxylic acids is 1. The van der Waals surface area contributed by atoms with Crippen molar-refractivity contribution >= 4 is 17.3 Å². The second-order valence-electron chi connectivity index (χ2n) is 4.02. The second-order valence-corrected chi connectivity index (χ2v) is 4.96. The maximum Gasteiger partial charge on any atom is 0.310 e. The average Bonchev–Trinajstić information content (AvgIpc) is 2.69. The number of aromatic nitrogens is 1. The maximum atomic E-state index is 10.6. The molecule has 0 aliphatic carbocycles. The van der Waals surface area contributed by atoms with E-state index in [1.807, 2.05) is 19.2 Å². The number of aryl methyl sites for hydroxylation is 2. The number of rotatable bonds is 3. The van der Waals surface area contributed by atoms with E-state index in [2.05, 4.69) is 23.2 Å².